The van der Waals surface area contributed by atoms with Gasteiger partial charge in [-0.3, -0.25) is 0 Å². The molecule has 0 bridgehead atoms. The fraction of sp³-hybridized carbons (Fsp3) is 0.320. The van der Waals surface area contributed by atoms with Crippen molar-refractivity contribution in [3.8, 4) is 33.6 Å². The Kier molecular flexibility index (Phi) is 12.4. The third-order valence-corrected chi connectivity index (χ3v) is 15.5. The molecule has 0 aliphatic heterocycles. The molecule has 0 spiro atoms. The smallest absolute Gasteiger partial charge is 0.121 e. The van der Waals surface area contributed by atoms with Gasteiger partial charge in [0.15, 0.2) is 0 Å². The maximum atomic E-state index is 6.13. The summed E-state index contributed by atoms with van der Waals surface area (Å²) < 4.78 is 7.66. The summed E-state index contributed by atoms with van der Waals surface area (Å²) in [6.45, 7) is 11.7. The Hall–Kier alpha value is -3.83. The van der Waals surface area contributed by atoms with E-state index < -0.39 is 13.3 Å². The Labute approximate surface area is 345 Å². The zero-order valence-electron chi connectivity index (χ0n) is 33.7. The first-order valence-electron chi connectivity index (χ1n) is 19.6. The van der Waals surface area contributed by atoms with Crippen molar-refractivity contribution in [3.63, 3.8) is 0 Å². The Balaban J connectivity index is 0.000000204. The van der Waals surface area contributed by atoms with E-state index in [1.165, 1.54) is 52.3 Å². The maximum absolute atomic E-state index is 6.13. The van der Waals surface area contributed by atoms with Crippen LogP contribution in [0.2, 0.25) is 17.3 Å². The largest absolute Gasteiger partial charge is 0.500 e. The van der Waals surface area contributed by atoms with Crippen molar-refractivity contribution >= 4 is 39.6 Å². The maximum Gasteiger partial charge on any atom is 0.121 e. The van der Waals surface area contributed by atoms with Gasteiger partial charge in [0.05, 0.1) is 5.58 Å². The summed E-state index contributed by atoms with van der Waals surface area (Å²) in [4.78, 5) is 9.45. The van der Waals surface area contributed by atoms with E-state index in [1.54, 1.807) is 0 Å². The van der Waals surface area contributed by atoms with E-state index >= 15 is 0 Å². The van der Waals surface area contributed by atoms with Crippen molar-refractivity contribution in [2.75, 3.05) is 0 Å². The molecule has 8 rings (SSSR count). The van der Waals surface area contributed by atoms with Crippen LogP contribution in [0.5, 0.6) is 0 Å². The second-order valence-corrected chi connectivity index (χ2v) is 28.5. The predicted molar refractivity (Wildman–Crippen MR) is 231 cm³/mol. The molecule has 3 nitrogen and oxygen atoms in total. The van der Waals surface area contributed by atoms with Gasteiger partial charge >= 0.3 is 132 Å². The normalized spacial score (nSPS) is 13.7. The summed E-state index contributed by atoms with van der Waals surface area (Å²) >= 11 is -1.90. The van der Waals surface area contributed by atoms with Crippen LogP contribution in [0.15, 0.2) is 120 Å². The zero-order chi connectivity index (χ0) is 38.1. The summed E-state index contributed by atoms with van der Waals surface area (Å²) in [5, 5.41) is 2.24. The molecular formula is C50H54GeIrN2O-2. The molecule has 7 aromatic rings. The van der Waals surface area contributed by atoms with Crippen molar-refractivity contribution in [1.29, 1.82) is 0 Å². The van der Waals surface area contributed by atoms with Crippen LogP contribution in [0.4, 0.5) is 0 Å². The molecular weight excluding hydrogens is 909 g/mol. The van der Waals surface area contributed by atoms with Gasteiger partial charge < -0.3 is 9.40 Å². The molecule has 3 aromatic heterocycles. The van der Waals surface area contributed by atoms with Gasteiger partial charge in [0.25, 0.3) is 0 Å². The van der Waals surface area contributed by atoms with Crippen LogP contribution in [0.3, 0.4) is 0 Å². The Morgan fingerprint density at radius 3 is 2.11 bits per heavy atom. The van der Waals surface area contributed by atoms with Crippen LogP contribution in [-0.2, 0) is 31.9 Å². The van der Waals surface area contributed by atoms with Crippen LogP contribution in [-0.4, -0.2) is 23.2 Å². The Morgan fingerprint density at radius 2 is 1.42 bits per heavy atom. The molecule has 4 aromatic carbocycles. The molecule has 0 unspecified atom stereocenters. The van der Waals surface area contributed by atoms with Crippen molar-refractivity contribution in [3.05, 3.63) is 139 Å². The first kappa shape index (κ1) is 40.8. The van der Waals surface area contributed by atoms with Gasteiger partial charge in [0.2, 0.25) is 0 Å². The molecule has 1 radical (unpaired) electrons. The minimum Gasteiger partial charge on any atom is -0.500 e. The van der Waals surface area contributed by atoms with Gasteiger partial charge in [0.1, 0.15) is 5.58 Å². The summed E-state index contributed by atoms with van der Waals surface area (Å²) in [5.41, 5.74) is 11.6. The van der Waals surface area contributed by atoms with Crippen LogP contribution < -0.4 is 4.40 Å². The molecule has 0 N–H and O–H groups in total. The molecule has 1 saturated carbocycles. The number of aromatic nitrogens is 2. The number of nitrogens with zero attached hydrogens (tertiary/aromatic N) is 2. The molecule has 1 fully saturated rings. The summed E-state index contributed by atoms with van der Waals surface area (Å²) in [6, 6.07) is 42.6. The van der Waals surface area contributed by atoms with E-state index in [1.807, 2.05) is 36.5 Å². The number of rotatable bonds is 7. The fourth-order valence-corrected chi connectivity index (χ4v) is 11.4. The number of hydrogen-bond donors (Lipinski definition) is 0. The molecule has 0 atom stereocenters. The quantitative estimate of drug-likeness (QED) is 0.118. The first-order chi connectivity index (χ1) is 25.8. The second kappa shape index (κ2) is 16.7. The van der Waals surface area contributed by atoms with E-state index in [-0.39, 0.29) is 25.5 Å². The fourth-order valence-electron chi connectivity index (χ4n) is 8.13. The number of benzene rings is 4. The summed E-state index contributed by atoms with van der Waals surface area (Å²) in [7, 11) is 0. The summed E-state index contributed by atoms with van der Waals surface area (Å²) in [6.07, 6.45) is 10.6. The molecule has 285 valence electrons. The molecule has 1 aliphatic rings. The molecule has 1 aliphatic carbocycles. The molecule has 0 amide bonds. The second-order valence-electron chi connectivity index (χ2n) is 17.9. The van der Waals surface area contributed by atoms with Gasteiger partial charge in [-0.25, -0.2) is 0 Å². The minimum atomic E-state index is -1.90. The van der Waals surface area contributed by atoms with Crippen LogP contribution in [0.25, 0.3) is 55.6 Å². The van der Waals surface area contributed by atoms with Gasteiger partial charge in [0, 0.05) is 31.7 Å². The molecule has 3 heterocycles. The van der Waals surface area contributed by atoms with Crippen LogP contribution >= 0.6 is 0 Å². The van der Waals surface area contributed by atoms with E-state index in [0.29, 0.717) is 5.41 Å². The Bertz CT molecular complexity index is 2360. The third kappa shape index (κ3) is 9.42. The molecule has 0 saturated heterocycles. The zero-order valence-corrected chi connectivity index (χ0v) is 38.2. The number of hydrogen-bond acceptors (Lipinski definition) is 3. The van der Waals surface area contributed by atoms with Gasteiger partial charge in [-0.05, 0) is 64.8 Å². The SMILES string of the molecule is CC(C)(C)Cc1cc(-c2[c-]cccc2)nc[c]1[Ge]([CH3])([CH3])[CH3].CC(C)(c1ccnc(-c2[c-]cc3oc4ccc(-c5ccccc5)cc4c3c2)c1)C1CCCC1.[Ir]. The van der Waals surface area contributed by atoms with Crippen molar-refractivity contribution in [2.45, 2.75) is 89.4 Å². The summed E-state index contributed by atoms with van der Waals surface area (Å²) in [5.74, 6) is 8.07. The van der Waals surface area contributed by atoms with Crippen LogP contribution in [0, 0.1) is 23.5 Å². The van der Waals surface area contributed by atoms with Gasteiger partial charge in [-0.1, -0.05) is 74.5 Å². The average molecular weight is 964 g/mol. The predicted octanol–water partition coefficient (Wildman–Crippen LogP) is 13.3. The topological polar surface area (TPSA) is 38.9 Å². The molecule has 5 heteroatoms. The van der Waals surface area contributed by atoms with E-state index in [9.17, 15) is 0 Å². The van der Waals surface area contributed by atoms with Gasteiger partial charge in [-0.2, -0.15) is 0 Å². The monoisotopic (exact) mass is 965 g/mol. The van der Waals surface area contributed by atoms with Crippen molar-refractivity contribution < 1.29 is 24.5 Å². The first-order valence-corrected chi connectivity index (χ1v) is 27.0. The van der Waals surface area contributed by atoms with Crippen molar-refractivity contribution in [2.24, 2.45) is 11.3 Å². The standard InChI is InChI=1S/C31H28NO.C19H26GeN.Ir/c1-31(2,24-10-6-7-11-24)25-16-17-32-28(20-25)23-13-15-30-27(19-23)26-18-22(12-14-29(26)33-30)21-8-4-3-5-9-21;1-19(2,3)13-16-12-18(15-10-8-7-9-11-15)21-14-17(16)20(4,5)6;/h3-5,8-9,12,14-20,24H,6-7,10-11H2,1-2H3;7-10,12,14H,13H2,1-6H3;/q2*-1;. The molecule has 55 heavy (non-hydrogen) atoms. The average Bonchev–Trinajstić information content (AvgIpc) is 3.84. The van der Waals surface area contributed by atoms with E-state index in [4.69, 9.17) is 14.4 Å². The van der Waals surface area contributed by atoms with Crippen LogP contribution in [0.1, 0.15) is 71.4 Å². The van der Waals surface area contributed by atoms with E-state index in [0.717, 1.165) is 56.8 Å². The third-order valence-electron chi connectivity index (χ3n) is 11.2. The number of fused-ring (bicyclic) bond motifs is 3. The number of pyridine rings is 2. The van der Waals surface area contributed by atoms with Gasteiger partial charge in [-0.15, -0.1) is 23.8 Å². The van der Waals surface area contributed by atoms with E-state index in [2.05, 4.69) is 143 Å². The minimum absolute atomic E-state index is 0. The van der Waals surface area contributed by atoms with Crippen molar-refractivity contribution in [1.82, 2.24) is 9.97 Å². The Morgan fingerprint density at radius 1 is 0.709 bits per heavy atom. The number of furan rings is 1.